The van der Waals surface area contributed by atoms with E-state index in [0.717, 1.165) is 9.44 Å². The zero-order valence-electron chi connectivity index (χ0n) is 16.1. The van der Waals surface area contributed by atoms with Crippen LogP contribution < -0.4 is 21.3 Å². The van der Waals surface area contributed by atoms with Crippen LogP contribution in [0, 0.1) is 0 Å². The number of nitrogens with one attached hydrogen (secondary N) is 1. The average Bonchev–Trinajstić information content (AvgIpc) is 3.25. The molecule has 0 fully saturated rings. The Morgan fingerprint density at radius 2 is 1.97 bits per heavy atom. The normalized spacial score (nSPS) is 10.8. The van der Waals surface area contributed by atoms with E-state index < -0.39 is 11.2 Å². The number of carbonyl (C=O) groups excluding carboxylic acids is 1. The Hall–Kier alpha value is -3.72. The van der Waals surface area contributed by atoms with Crippen LogP contribution >= 0.6 is 11.3 Å². The van der Waals surface area contributed by atoms with Crippen molar-refractivity contribution in [2.45, 2.75) is 13.1 Å². The lowest BCUT2D eigenvalue weighted by Gasteiger charge is -2.15. The number of carbonyl (C=O) groups is 1. The molecule has 2 aliphatic rings. The zero-order valence-corrected chi connectivity index (χ0v) is 16.9. The number of amides is 1. The molecule has 2 aliphatic heterocycles. The molecule has 9 heteroatoms. The molecule has 0 radical (unpaired) electrons. The number of hydrogen-bond acceptors (Lipinski definition) is 6. The van der Waals surface area contributed by atoms with E-state index >= 15 is 0 Å². The third-order valence-corrected chi connectivity index (χ3v) is 5.40. The first-order valence-corrected chi connectivity index (χ1v) is 10.00. The van der Waals surface area contributed by atoms with Crippen LogP contribution in [0.2, 0.25) is 0 Å². The summed E-state index contributed by atoms with van der Waals surface area (Å²) in [6.45, 7) is 0.0532. The summed E-state index contributed by atoms with van der Waals surface area (Å²) in [6.07, 6.45) is 1.61. The fourth-order valence-corrected chi connectivity index (χ4v) is 3.83. The van der Waals surface area contributed by atoms with Gasteiger partial charge in [-0.05, 0) is 35.7 Å². The van der Waals surface area contributed by atoms with E-state index in [-0.39, 0.29) is 30.4 Å². The molecule has 0 unspecified atom stereocenters. The van der Waals surface area contributed by atoms with Gasteiger partial charge in [0.25, 0.3) is 5.56 Å². The molecule has 0 saturated carbocycles. The first kappa shape index (κ1) is 19.6. The summed E-state index contributed by atoms with van der Waals surface area (Å²) in [4.78, 5) is 42.9. The lowest BCUT2D eigenvalue weighted by Crippen LogP contribution is -2.38. The molecular weight excluding hydrogens is 404 g/mol. The summed E-state index contributed by atoms with van der Waals surface area (Å²) in [5.41, 5.74) is -0.274. The second-order valence-corrected chi connectivity index (χ2v) is 7.52. The number of methoxy groups -OCH3 is 1. The number of benzene rings is 1. The number of rotatable bonds is 6. The molecule has 30 heavy (non-hydrogen) atoms. The molecule has 1 amide bonds. The van der Waals surface area contributed by atoms with Gasteiger partial charge in [0.15, 0.2) is 5.82 Å². The van der Waals surface area contributed by atoms with Crippen LogP contribution in [0.25, 0.3) is 11.4 Å². The lowest BCUT2D eigenvalue weighted by atomic mass is 10.2. The highest BCUT2D eigenvalue weighted by Crippen LogP contribution is 2.23. The number of pyridine rings is 1. The van der Waals surface area contributed by atoms with E-state index in [2.05, 4.69) is 10.3 Å². The largest absolute Gasteiger partial charge is 0.495 e. The minimum Gasteiger partial charge on any atom is -0.495 e. The van der Waals surface area contributed by atoms with Crippen LogP contribution in [0.1, 0.15) is 4.88 Å². The molecule has 0 aliphatic carbocycles. The van der Waals surface area contributed by atoms with Crippen molar-refractivity contribution in [2.24, 2.45) is 0 Å². The number of para-hydroxylation sites is 2. The van der Waals surface area contributed by atoms with Crippen molar-refractivity contribution in [3.05, 3.63) is 85.8 Å². The summed E-state index contributed by atoms with van der Waals surface area (Å²) in [5.74, 6) is 0.365. The molecule has 8 nitrogen and oxygen atoms in total. The third-order valence-electron chi connectivity index (χ3n) is 4.54. The molecule has 1 N–H and O–H groups in total. The number of fused-ring (bicyclic) bond motifs is 1. The van der Waals surface area contributed by atoms with Crippen LogP contribution in [0.15, 0.2) is 69.7 Å². The Morgan fingerprint density at radius 3 is 2.73 bits per heavy atom. The number of aromatic nitrogens is 3. The summed E-state index contributed by atoms with van der Waals surface area (Å²) >= 11 is 1.46. The van der Waals surface area contributed by atoms with Crippen molar-refractivity contribution < 1.29 is 9.53 Å². The van der Waals surface area contributed by atoms with Gasteiger partial charge in [0.05, 0.1) is 24.9 Å². The van der Waals surface area contributed by atoms with Crippen molar-refractivity contribution in [2.75, 3.05) is 12.4 Å². The monoisotopic (exact) mass is 422 g/mol. The molecule has 2 aromatic rings. The number of anilines is 1. The van der Waals surface area contributed by atoms with Gasteiger partial charge in [-0.1, -0.05) is 18.2 Å². The SMILES string of the molecule is COc1ccccc1NC(=O)Cn1cccc2c(=O)n(Cc3cccs3)c(=O)nc1-2. The van der Waals surface area contributed by atoms with E-state index in [4.69, 9.17) is 4.74 Å². The molecule has 0 spiro atoms. The molecule has 0 saturated heterocycles. The smallest absolute Gasteiger partial charge is 0.352 e. The van der Waals surface area contributed by atoms with Gasteiger partial charge in [-0.3, -0.25) is 14.2 Å². The summed E-state index contributed by atoms with van der Waals surface area (Å²) in [7, 11) is 1.52. The lowest BCUT2D eigenvalue weighted by molar-refractivity contribution is -0.116. The topological polar surface area (TPSA) is 95.2 Å². The van der Waals surface area contributed by atoms with Crippen LogP contribution in [0.4, 0.5) is 5.69 Å². The minimum absolute atomic E-state index is 0.115. The fourth-order valence-electron chi connectivity index (χ4n) is 3.14. The van der Waals surface area contributed by atoms with Crippen molar-refractivity contribution >= 4 is 22.9 Å². The van der Waals surface area contributed by atoms with Crippen molar-refractivity contribution in [1.29, 1.82) is 0 Å². The first-order valence-electron chi connectivity index (χ1n) is 9.12. The second-order valence-electron chi connectivity index (χ2n) is 6.49. The molecule has 0 atom stereocenters. The maximum Gasteiger partial charge on any atom is 0.352 e. The Kier molecular flexibility index (Phi) is 5.44. The zero-order chi connectivity index (χ0) is 21.1. The number of nitrogens with zero attached hydrogens (tertiary/aromatic N) is 3. The van der Waals surface area contributed by atoms with Gasteiger partial charge in [-0.25, -0.2) is 4.79 Å². The molecule has 1 aromatic heterocycles. The van der Waals surface area contributed by atoms with E-state index in [1.54, 1.807) is 42.6 Å². The third kappa shape index (κ3) is 3.87. The number of ether oxygens (including phenoxy) is 1. The molecular formula is C21H18N4O4S. The van der Waals surface area contributed by atoms with E-state index in [0.29, 0.717) is 11.4 Å². The van der Waals surface area contributed by atoms with Gasteiger partial charge in [-0.2, -0.15) is 4.98 Å². The van der Waals surface area contributed by atoms with Gasteiger partial charge in [0, 0.05) is 11.1 Å². The minimum atomic E-state index is -0.647. The maximum atomic E-state index is 12.9. The van der Waals surface area contributed by atoms with Gasteiger partial charge < -0.3 is 14.6 Å². The highest BCUT2D eigenvalue weighted by atomic mass is 32.1. The van der Waals surface area contributed by atoms with Crippen LogP contribution in [0.3, 0.4) is 0 Å². The average molecular weight is 422 g/mol. The fraction of sp³-hybridized carbons (Fsp3) is 0.143. The van der Waals surface area contributed by atoms with Gasteiger partial charge in [0.1, 0.15) is 12.3 Å². The first-order chi connectivity index (χ1) is 14.6. The van der Waals surface area contributed by atoms with E-state index in [1.807, 2.05) is 17.5 Å². The summed E-state index contributed by atoms with van der Waals surface area (Å²) < 4.78 is 7.82. The Balaban J connectivity index is 1.64. The van der Waals surface area contributed by atoms with Crippen molar-refractivity contribution in [1.82, 2.24) is 14.1 Å². The predicted octanol–water partition coefficient (Wildman–Crippen LogP) is 2.27. The standard InChI is InChI=1S/C21H18N4O4S/c1-29-17-9-3-2-8-16(17)22-18(26)13-24-10-4-7-15-19(24)23-21(28)25(20(15)27)12-14-6-5-11-30-14/h2-11H,12-13H2,1H3,(H,22,26). The molecule has 3 heterocycles. The van der Waals surface area contributed by atoms with Crippen LogP contribution in [0.5, 0.6) is 5.75 Å². The predicted molar refractivity (Wildman–Crippen MR) is 114 cm³/mol. The van der Waals surface area contributed by atoms with Crippen LogP contribution in [-0.2, 0) is 17.9 Å². The number of hydrogen-bond donors (Lipinski definition) is 1. The molecule has 1 aromatic carbocycles. The summed E-state index contributed by atoms with van der Waals surface area (Å²) in [6, 6.07) is 14.0. The molecule has 0 bridgehead atoms. The number of thiophene rings is 1. The summed E-state index contributed by atoms with van der Waals surface area (Å²) in [5, 5.41) is 4.65. The van der Waals surface area contributed by atoms with Crippen molar-refractivity contribution in [3.63, 3.8) is 0 Å². The van der Waals surface area contributed by atoms with E-state index in [9.17, 15) is 14.4 Å². The Morgan fingerprint density at radius 1 is 1.13 bits per heavy atom. The quantitative estimate of drug-likeness (QED) is 0.514. The van der Waals surface area contributed by atoms with Gasteiger partial charge in [-0.15, -0.1) is 11.3 Å². The van der Waals surface area contributed by atoms with Gasteiger partial charge in [0.2, 0.25) is 5.91 Å². The van der Waals surface area contributed by atoms with E-state index in [1.165, 1.54) is 23.0 Å². The van der Waals surface area contributed by atoms with Crippen molar-refractivity contribution in [3.8, 4) is 17.1 Å². The Labute approximate surface area is 175 Å². The molecule has 4 rings (SSSR count). The highest BCUT2D eigenvalue weighted by Gasteiger charge is 2.19. The Bertz CT molecular complexity index is 1280. The highest BCUT2D eigenvalue weighted by molar-refractivity contribution is 7.09. The molecule has 152 valence electrons. The van der Waals surface area contributed by atoms with Crippen LogP contribution in [-0.4, -0.2) is 27.1 Å². The van der Waals surface area contributed by atoms with Gasteiger partial charge >= 0.3 is 5.69 Å². The maximum absolute atomic E-state index is 12.9. The second kappa shape index (κ2) is 8.34.